The van der Waals surface area contributed by atoms with Gasteiger partial charge in [0.15, 0.2) is 0 Å². The third kappa shape index (κ3) is 10.9. The molecule has 0 saturated heterocycles. The monoisotopic (exact) mass is 326 g/mol. The number of hydrogen-bond acceptors (Lipinski definition) is 4. The van der Waals surface area contributed by atoms with E-state index in [1.54, 1.807) is 6.92 Å². The summed E-state index contributed by atoms with van der Waals surface area (Å²) >= 11 is 0. The smallest absolute Gasteiger partial charge is 0.347 e. The maximum atomic E-state index is 11.9. The second-order valence-corrected chi connectivity index (χ2v) is 6.37. The molecule has 0 aromatic rings. The zero-order valence-electron chi connectivity index (χ0n) is 15.5. The van der Waals surface area contributed by atoms with Crippen LogP contribution in [0.25, 0.3) is 0 Å². The molecule has 4 heteroatoms. The Morgan fingerprint density at radius 3 is 2.30 bits per heavy atom. The van der Waals surface area contributed by atoms with Crippen molar-refractivity contribution in [3.05, 3.63) is 12.2 Å². The van der Waals surface area contributed by atoms with Crippen molar-refractivity contribution >= 4 is 11.9 Å². The molecule has 2 unspecified atom stereocenters. The van der Waals surface area contributed by atoms with E-state index in [9.17, 15) is 9.59 Å². The highest BCUT2D eigenvalue weighted by molar-refractivity contribution is 5.80. The lowest BCUT2D eigenvalue weighted by atomic mass is 10.0. The predicted molar refractivity (Wildman–Crippen MR) is 93.0 cm³/mol. The lowest BCUT2D eigenvalue weighted by Gasteiger charge is -2.19. The van der Waals surface area contributed by atoms with Gasteiger partial charge in [-0.3, -0.25) is 4.79 Å². The third-order valence-corrected chi connectivity index (χ3v) is 3.64. The average molecular weight is 326 g/mol. The quantitative estimate of drug-likeness (QED) is 0.297. The highest BCUT2D eigenvalue weighted by Crippen LogP contribution is 2.13. The second kappa shape index (κ2) is 13.1. The van der Waals surface area contributed by atoms with Crippen molar-refractivity contribution in [1.82, 2.24) is 0 Å². The van der Waals surface area contributed by atoms with Gasteiger partial charge in [-0.1, -0.05) is 65.5 Å². The van der Waals surface area contributed by atoms with Crippen LogP contribution in [0.2, 0.25) is 0 Å². The van der Waals surface area contributed by atoms with Crippen LogP contribution in [0, 0.1) is 11.8 Å². The number of rotatable bonds is 12. The number of esters is 2. The zero-order chi connectivity index (χ0) is 17.7. The first-order chi connectivity index (χ1) is 10.9. The Morgan fingerprint density at radius 1 is 1.04 bits per heavy atom. The lowest BCUT2D eigenvalue weighted by Crippen LogP contribution is -2.33. The summed E-state index contributed by atoms with van der Waals surface area (Å²) in [7, 11) is 0. The van der Waals surface area contributed by atoms with Crippen LogP contribution in [0.1, 0.15) is 73.1 Å². The molecule has 0 aliphatic rings. The van der Waals surface area contributed by atoms with E-state index in [1.165, 1.54) is 25.7 Å². The molecular weight excluding hydrogens is 292 g/mol. The molecule has 0 aliphatic heterocycles. The number of carbonyl (C=O) groups is 2. The van der Waals surface area contributed by atoms with Crippen LogP contribution in [0.15, 0.2) is 12.2 Å². The van der Waals surface area contributed by atoms with Gasteiger partial charge in [-0.05, 0) is 19.3 Å². The van der Waals surface area contributed by atoms with Crippen molar-refractivity contribution in [3.8, 4) is 0 Å². The summed E-state index contributed by atoms with van der Waals surface area (Å²) in [4.78, 5) is 23.6. The van der Waals surface area contributed by atoms with Gasteiger partial charge in [0, 0.05) is 5.92 Å². The van der Waals surface area contributed by atoms with Crippen molar-refractivity contribution < 1.29 is 19.1 Å². The summed E-state index contributed by atoms with van der Waals surface area (Å²) in [6.07, 6.45) is 9.44. The topological polar surface area (TPSA) is 52.6 Å². The molecule has 0 aliphatic carbocycles. The first kappa shape index (κ1) is 21.7. The molecule has 0 heterocycles. The molecule has 0 N–H and O–H groups in total. The zero-order valence-corrected chi connectivity index (χ0v) is 15.5. The summed E-state index contributed by atoms with van der Waals surface area (Å²) in [6.45, 7) is 10.1. The van der Waals surface area contributed by atoms with Crippen LogP contribution < -0.4 is 0 Å². The summed E-state index contributed by atoms with van der Waals surface area (Å²) in [5.74, 6) is -0.486. The molecule has 2 atom stereocenters. The number of hydrogen-bond donors (Lipinski definition) is 0. The lowest BCUT2D eigenvalue weighted by molar-refractivity contribution is -0.170. The van der Waals surface area contributed by atoms with E-state index >= 15 is 0 Å². The van der Waals surface area contributed by atoms with Crippen LogP contribution in [-0.2, 0) is 19.1 Å². The number of carbonyl (C=O) groups excluding carboxylic acids is 2. The molecule has 0 spiro atoms. The molecular formula is C19H34O4. The summed E-state index contributed by atoms with van der Waals surface area (Å²) in [5, 5.41) is 0. The molecule has 0 amide bonds. The van der Waals surface area contributed by atoms with Crippen LogP contribution >= 0.6 is 0 Å². The highest BCUT2D eigenvalue weighted by atomic mass is 16.6. The molecule has 0 rings (SSSR count). The number of allylic oxidation sites excluding steroid dienone is 1. The van der Waals surface area contributed by atoms with E-state index in [-0.39, 0.29) is 24.9 Å². The van der Waals surface area contributed by atoms with Crippen molar-refractivity contribution in [2.75, 3.05) is 6.61 Å². The Balaban J connectivity index is 4.16. The molecule has 0 saturated carbocycles. The Labute approximate surface area is 141 Å². The van der Waals surface area contributed by atoms with Gasteiger partial charge in [-0.25, -0.2) is 4.79 Å². The minimum atomic E-state index is -0.817. The first-order valence-corrected chi connectivity index (χ1v) is 8.95. The molecule has 0 fully saturated rings. The van der Waals surface area contributed by atoms with Crippen molar-refractivity contribution in [2.45, 2.75) is 79.2 Å². The van der Waals surface area contributed by atoms with Gasteiger partial charge in [-0.15, -0.1) is 0 Å². The summed E-state index contributed by atoms with van der Waals surface area (Å²) in [5.41, 5.74) is 0. The van der Waals surface area contributed by atoms with E-state index < -0.39 is 12.1 Å². The van der Waals surface area contributed by atoms with Crippen molar-refractivity contribution in [2.24, 2.45) is 11.8 Å². The molecule has 0 bridgehead atoms. The van der Waals surface area contributed by atoms with Crippen molar-refractivity contribution in [1.29, 1.82) is 0 Å². The maximum Gasteiger partial charge on any atom is 0.347 e. The summed E-state index contributed by atoms with van der Waals surface area (Å²) < 4.78 is 10.2. The molecule has 134 valence electrons. The van der Waals surface area contributed by atoms with E-state index in [0.717, 1.165) is 6.42 Å². The Kier molecular flexibility index (Phi) is 12.4. The minimum absolute atomic E-state index is 0.0977. The average Bonchev–Trinajstić information content (AvgIpc) is 2.49. The third-order valence-electron chi connectivity index (χ3n) is 3.64. The van der Waals surface area contributed by atoms with Gasteiger partial charge in [0.2, 0.25) is 6.10 Å². The maximum absolute atomic E-state index is 11.9. The largest absolute Gasteiger partial charge is 0.463 e. The van der Waals surface area contributed by atoms with Gasteiger partial charge in [0.1, 0.15) is 0 Å². The molecule has 0 aromatic carbocycles. The number of unbranched alkanes of at least 4 members (excludes halogenated alkanes) is 3. The predicted octanol–water partition coefficient (Wildman–Crippen LogP) is 4.67. The van der Waals surface area contributed by atoms with Crippen LogP contribution in [-0.4, -0.2) is 24.6 Å². The van der Waals surface area contributed by atoms with E-state index in [0.29, 0.717) is 5.92 Å². The van der Waals surface area contributed by atoms with E-state index in [1.807, 2.05) is 19.9 Å². The van der Waals surface area contributed by atoms with Crippen LogP contribution in [0.3, 0.4) is 0 Å². The van der Waals surface area contributed by atoms with Crippen LogP contribution in [0.4, 0.5) is 0 Å². The molecule has 0 aromatic heterocycles. The molecule has 0 radical (unpaired) electrons. The minimum Gasteiger partial charge on any atom is -0.463 e. The van der Waals surface area contributed by atoms with Gasteiger partial charge in [0.25, 0.3) is 0 Å². The van der Waals surface area contributed by atoms with E-state index in [2.05, 4.69) is 19.9 Å². The fourth-order valence-electron chi connectivity index (χ4n) is 2.26. The Hall–Kier alpha value is -1.32. The first-order valence-electron chi connectivity index (χ1n) is 8.95. The number of ether oxygens (including phenoxy) is 2. The fourth-order valence-corrected chi connectivity index (χ4v) is 2.26. The second-order valence-electron chi connectivity index (χ2n) is 6.37. The van der Waals surface area contributed by atoms with Gasteiger partial charge in [-0.2, -0.15) is 0 Å². The fraction of sp³-hybridized carbons (Fsp3) is 0.789. The van der Waals surface area contributed by atoms with Crippen molar-refractivity contribution in [3.63, 3.8) is 0 Å². The SMILES string of the molecule is CCCCCCC(C)/C=C\CC(=O)OC(C(=O)OCC)C(C)C. The molecule has 23 heavy (non-hydrogen) atoms. The Morgan fingerprint density at radius 2 is 1.74 bits per heavy atom. The van der Waals surface area contributed by atoms with Crippen LogP contribution in [0.5, 0.6) is 0 Å². The van der Waals surface area contributed by atoms with Gasteiger partial charge < -0.3 is 9.47 Å². The summed E-state index contributed by atoms with van der Waals surface area (Å²) in [6, 6.07) is 0. The Bertz CT molecular complexity index is 360. The standard InChI is InChI=1S/C19H34O4/c1-6-8-9-10-12-16(5)13-11-14-17(20)23-18(15(3)4)19(21)22-7-2/h11,13,15-16,18H,6-10,12,14H2,1-5H3/b13-11-. The van der Waals surface area contributed by atoms with E-state index in [4.69, 9.17) is 9.47 Å². The molecule has 4 nitrogen and oxygen atoms in total. The highest BCUT2D eigenvalue weighted by Gasteiger charge is 2.27. The normalized spacial score (nSPS) is 14.0. The van der Waals surface area contributed by atoms with Gasteiger partial charge in [0.05, 0.1) is 13.0 Å². The van der Waals surface area contributed by atoms with Gasteiger partial charge >= 0.3 is 11.9 Å².